The minimum absolute atomic E-state index is 0.0251. The molecule has 1 aliphatic heterocycles. The Morgan fingerprint density at radius 1 is 1.29 bits per heavy atom. The molecule has 0 fully saturated rings. The van der Waals surface area contributed by atoms with Crippen LogP contribution in [-0.2, 0) is 24.3 Å². The number of amides is 1. The van der Waals surface area contributed by atoms with Crippen LogP contribution in [0.5, 0.6) is 11.5 Å². The molecule has 1 heterocycles. The molecule has 9 nitrogen and oxygen atoms in total. The summed E-state index contributed by atoms with van der Waals surface area (Å²) in [6.45, 7) is 6.03. The van der Waals surface area contributed by atoms with Gasteiger partial charge in [-0.15, -0.1) is 6.58 Å². The highest BCUT2D eigenvalue weighted by Crippen LogP contribution is 2.32. The quantitative estimate of drug-likeness (QED) is 0.330. The maximum Gasteiger partial charge on any atom is 0.306 e. The van der Waals surface area contributed by atoms with Crippen LogP contribution in [0.15, 0.2) is 35.7 Å². The van der Waals surface area contributed by atoms with E-state index < -0.39 is 28.0 Å². The predicted octanol–water partition coefficient (Wildman–Crippen LogP) is 0.750. The van der Waals surface area contributed by atoms with E-state index in [9.17, 15) is 18.0 Å². The lowest BCUT2D eigenvalue weighted by Gasteiger charge is -2.18. The van der Waals surface area contributed by atoms with Crippen LogP contribution < -0.4 is 19.5 Å². The van der Waals surface area contributed by atoms with Gasteiger partial charge in [0.1, 0.15) is 13.2 Å². The Hall–Kier alpha value is -2.59. The molecule has 0 unspecified atom stereocenters. The lowest BCUT2D eigenvalue weighted by Crippen LogP contribution is -2.36. The van der Waals surface area contributed by atoms with E-state index >= 15 is 0 Å². The van der Waals surface area contributed by atoms with Gasteiger partial charge in [0, 0.05) is 25.6 Å². The van der Waals surface area contributed by atoms with Crippen molar-refractivity contribution in [2.45, 2.75) is 30.8 Å². The molecule has 1 aromatic carbocycles. The van der Waals surface area contributed by atoms with Gasteiger partial charge in [0.25, 0.3) is 5.91 Å². The van der Waals surface area contributed by atoms with Crippen LogP contribution in [0.25, 0.3) is 0 Å². The predicted molar refractivity (Wildman–Crippen MR) is 101 cm³/mol. The number of nitrogens with one attached hydrogen (secondary N) is 2. The van der Waals surface area contributed by atoms with Crippen molar-refractivity contribution in [1.29, 1.82) is 0 Å². The van der Waals surface area contributed by atoms with Crippen LogP contribution >= 0.6 is 0 Å². The molecule has 0 aliphatic carbocycles. The number of carbonyl (C=O) groups is 2. The number of esters is 1. The second-order valence-corrected chi connectivity index (χ2v) is 7.74. The fourth-order valence-corrected chi connectivity index (χ4v) is 3.43. The van der Waals surface area contributed by atoms with Gasteiger partial charge in [-0.05, 0) is 25.5 Å². The molecule has 0 radical (unpaired) electrons. The zero-order valence-corrected chi connectivity index (χ0v) is 16.4. The summed E-state index contributed by atoms with van der Waals surface area (Å²) in [4.78, 5) is 23.4. The number of sulfonamides is 1. The molecule has 2 N–H and O–H groups in total. The first kappa shape index (κ1) is 21.7. The van der Waals surface area contributed by atoms with Gasteiger partial charge in [-0.3, -0.25) is 9.59 Å². The van der Waals surface area contributed by atoms with Crippen molar-refractivity contribution >= 4 is 21.9 Å². The second kappa shape index (κ2) is 10.1. The summed E-state index contributed by atoms with van der Waals surface area (Å²) in [5.41, 5.74) is 0. The normalized spacial score (nSPS) is 14.0. The van der Waals surface area contributed by atoms with E-state index in [2.05, 4.69) is 16.6 Å². The second-order valence-electron chi connectivity index (χ2n) is 5.97. The van der Waals surface area contributed by atoms with E-state index in [1.54, 1.807) is 6.07 Å². The van der Waals surface area contributed by atoms with Gasteiger partial charge in [-0.25, -0.2) is 13.1 Å². The number of benzene rings is 1. The van der Waals surface area contributed by atoms with Gasteiger partial charge in [0.15, 0.2) is 17.6 Å². The van der Waals surface area contributed by atoms with Crippen LogP contribution in [0.3, 0.4) is 0 Å². The van der Waals surface area contributed by atoms with E-state index in [-0.39, 0.29) is 30.8 Å². The topological polar surface area (TPSA) is 120 Å². The molecular weight excluding hydrogens is 388 g/mol. The average molecular weight is 412 g/mol. The third-order valence-corrected chi connectivity index (χ3v) is 5.23. The fraction of sp³-hybridized carbons (Fsp3) is 0.444. The highest BCUT2D eigenvalue weighted by molar-refractivity contribution is 7.89. The van der Waals surface area contributed by atoms with Crippen LogP contribution in [0.1, 0.15) is 19.8 Å². The molecule has 1 amide bonds. The summed E-state index contributed by atoms with van der Waals surface area (Å²) in [5.74, 6) is -0.132. The van der Waals surface area contributed by atoms with E-state index in [1.165, 1.54) is 25.1 Å². The summed E-state index contributed by atoms with van der Waals surface area (Å²) in [6, 6.07) is 4.36. The van der Waals surface area contributed by atoms with E-state index in [0.29, 0.717) is 24.7 Å². The lowest BCUT2D eigenvalue weighted by molar-refractivity contribution is -0.154. The zero-order chi connectivity index (χ0) is 20.6. The Balaban J connectivity index is 1.77. The van der Waals surface area contributed by atoms with Gasteiger partial charge in [-0.2, -0.15) is 0 Å². The number of rotatable bonds is 10. The monoisotopic (exact) mass is 412 g/mol. The maximum atomic E-state index is 12.3. The number of fused-ring (bicyclic) bond motifs is 1. The first-order valence-electron chi connectivity index (χ1n) is 8.81. The highest BCUT2D eigenvalue weighted by Gasteiger charge is 2.20. The van der Waals surface area contributed by atoms with Crippen molar-refractivity contribution in [2.75, 3.05) is 26.3 Å². The Bertz CT molecular complexity index is 823. The number of hydrogen-bond acceptors (Lipinski definition) is 7. The van der Waals surface area contributed by atoms with E-state index in [4.69, 9.17) is 14.2 Å². The Labute approximate surface area is 164 Å². The van der Waals surface area contributed by atoms with Gasteiger partial charge >= 0.3 is 5.97 Å². The third kappa shape index (κ3) is 6.24. The van der Waals surface area contributed by atoms with Crippen molar-refractivity contribution in [1.82, 2.24) is 10.0 Å². The summed E-state index contributed by atoms with van der Waals surface area (Å²) < 4.78 is 42.8. The first-order valence-corrected chi connectivity index (χ1v) is 10.3. The molecule has 2 rings (SSSR count). The first-order chi connectivity index (χ1) is 13.3. The molecular formula is C18H24N2O7S. The van der Waals surface area contributed by atoms with Crippen molar-refractivity contribution in [3.8, 4) is 11.5 Å². The van der Waals surface area contributed by atoms with Crippen molar-refractivity contribution in [3.05, 3.63) is 30.9 Å². The minimum Gasteiger partial charge on any atom is -0.486 e. The van der Waals surface area contributed by atoms with Gasteiger partial charge in [0.2, 0.25) is 10.0 Å². The minimum atomic E-state index is -3.75. The van der Waals surface area contributed by atoms with Crippen molar-refractivity contribution < 1.29 is 32.2 Å². The summed E-state index contributed by atoms with van der Waals surface area (Å²) in [6.07, 6.45) is 0.786. The molecule has 1 aromatic rings. The highest BCUT2D eigenvalue weighted by atomic mass is 32.2. The molecule has 10 heteroatoms. The lowest BCUT2D eigenvalue weighted by atomic mass is 10.3. The summed E-state index contributed by atoms with van der Waals surface area (Å²) in [7, 11) is -3.75. The van der Waals surface area contributed by atoms with Crippen molar-refractivity contribution in [2.24, 2.45) is 0 Å². The van der Waals surface area contributed by atoms with E-state index in [1.807, 2.05) is 0 Å². The smallest absolute Gasteiger partial charge is 0.306 e. The molecule has 1 atom stereocenters. The molecule has 0 bridgehead atoms. The number of carbonyl (C=O) groups excluding carboxylic acids is 2. The van der Waals surface area contributed by atoms with Crippen LogP contribution in [0, 0.1) is 0 Å². The van der Waals surface area contributed by atoms with Crippen LogP contribution in [-0.4, -0.2) is 52.7 Å². The van der Waals surface area contributed by atoms with Crippen LogP contribution in [0.4, 0.5) is 0 Å². The molecule has 154 valence electrons. The van der Waals surface area contributed by atoms with Crippen molar-refractivity contribution in [3.63, 3.8) is 0 Å². The molecule has 28 heavy (non-hydrogen) atoms. The Morgan fingerprint density at radius 2 is 2.00 bits per heavy atom. The van der Waals surface area contributed by atoms with Gasteiger partial charge < -0.3 is 19.5 Å². The zero-order valence-electron chi connectivity index (χ0n) is 15.6. The molecule has 0 spiro atoms. The Morgan fingerprint density at radius 3 is 2.71 bits per heavy atom. The number of hydrogen-bond donors (Lipinski definition) is 2. The molecule has 0 aromatic heterocycles. The van der Waals surface area contributed by atoms with E-state index in [0.717, 1.165) is 0 Å². The molecule has 1 aliphatic rings. The fourth-order valence-electron chi connectivity index (χ4n) is 2.34. The summed E-state index contributed by atoms with van der Waals surface area (Å²) in [5, 5.41) is 2.52. The number of ether oxygens (including phenoxy) is 3. The van der Waals surface area contributed by atoms with Gasteiger partial charge in [0.05, 0.1) is 4.90 Å². The largest absolute Gasteiger partial charge is 0.486 e. The standard InChI is InChI=1S/C18H24N2O7S/c1-3-8-19-18(22)13(2)27-17(21)5-4-9-20-28(23,24)14-6-7-15-16(12-14)26-11-10-25-15/h3,6-7,12-13,20H,1,4-5,8-11H2,2H3,(H,19,22)/t13-/m0/s1. The SMILES string of the molecule is C=CCNC(=O)[C@H](C)OC(=O)CCCNS(=O)(=O)c1ccc2c(c1)OCCO2. The molecule has 0 saturated heterocycles. The third-order valence-electron chi connectivity index (χ3n) is 3.77. The summed E-state index contributed by atoms with van der Waals surface area (Å²) >= 11 is 0. The Kier molecular flexibility index (Phi) is 7.82. The maximum absolute atomic E-state index is 12.3. The van der Waals surface area contributed by atoms with Crippen LogP contribution in [0.2, 0.25) is 0 Å². The van der Waals surface area contributed by atoms with Gasteiger partial charge in [-0.1, -0.05) is 6.08 Å². The average Bonchev–Trinajstić information content (AvgIpc) is 2.68. The molecule has 0 saturated carbocycles.